The van der Waals surface area contributed by atoms with E-state index in [1.54, 1.807) is 31.2 Å². The smallest absolute Gasteiger partial charge is 0.252 e. The van der Waals surface area contributed by atoms with Gasteiger partial charge in [0.05, 0.1) is 16.2 Å². The van der Waals surface area contributed by atoms with Gasteiger partial charge in [0.1, 0.15) is 0 Å². The van der Waals surface area contributed by atoms with E-state index in [1.165, 1.54) is 38.5 Å². The van der Waals surface area contributed by atoms with Crippen molar-refractivity contribution < 1.29 is 13.2 Å². The van der Waals surface area contributed by atoms with Crippen LogP contribution in [-0.4, -0.2) is 26.6 Å². The molecule has 0 unspecified atom stereocenters. The monoisotopic (exact) mass is 361 g/mol. The van der Waals surface area contributed by atoms with Crippen molar-refractivity contribution in [3.05, 3.63) is 29.8 Å². The Balaban J connectivity index is 1.51. The minimum Gasteiger partial charge on any atom is -0.351 e. The van der Waals surface area contributed by atoms with Crippen LogP contribution in [0, 0.1) is 23.2 Å². The number of nitrogens with one attached hydrogen (secondary N) is 1. The Morgan fingerprint density at radius 2 is 1.64 bits per heavy atom. The van der Waals surface area contributed by atoms with Crippen molar-refractivity contribution in [1.29, 1.82) is 0 Å². The second-order valence-corrected chi connectivity index (χ2v) is 10.7. The molecule has 4 fully saturated rings. The van der Waals surface area contributed by atoms with Crippen molar-refractivity contribution >= 4 is 15.7 Å². The Morgan fingerprint density at radius 3 is 2.20 bits per heavy atom. The molecule has 4 aliphatic carbocycles. The molecule has 0 radical (unpaired) electrons. The predicted octanol–water partition coefficient (Wildman–Crippen LogP) is 3.43. The molecule has 1 aromatic carbocycles. The fraction of sp³-hybridized carbons (Fsp3) is 0.650. The third kappa shape index (κ3) is 3.12. The summed E-state index contributed by atoms with van der Waals surface area (Å²) in [5.74, 6) is 2.29. The molecule has 1 N–H and O–H groups in total. The van der Waals surface area contributed by atoms with Gasteiger partial charge in [0.15, 0.2) is 9.84 Å². The molecule has 5 rings (SSSR count). The van der Waals surface area contributed by atoms with Crippen LogP contribution < -0.4 is 5.32 Å². The first kappa shape index (κ1) is 17.1. The quantitative estimate of drug-likeness (QED) is 0.874. The number of rotatable bonds is 5. The average Bonchev–Trinajstić information content (AvgIpc) is 2.58. The van der Waals surface area contributed by atoms with Gasteiger partial charge >= 0.3 is 0 Å². The molecule has 0 spiro atoms. The van der Waals surface area contributed by atoms with Crippen molar-refractivity contribution in [2.45, 2.75) is 50.3 Å². The molecule has 0 aliphatic heterocycles. The molecule has 1 aromatic rings. The van der Waals surface area contributed by atoms with E-state index in [2.05, 4.69) is 5.32 Å². The average molecular weight is 362 g/mol. The van der Waals surface area contributed by atoms with Crippen molar-refractivity contribution in [2.75, 3.05) is 12.3 Å². The maximum absolute atomic E-state index is 12.7. The second-order valence-electron chi connectivity index (χ2n) is 8.50. The molecule has 25 heavy (non-hydrogen) atoms. The first-order chi connectivity index (χ1) is 11.9. The Kier molecular flexibility index (Phi) is 4.18. The van der Waals surface area contributed by atoms with Gasteiger partial charge < -0.3 is 5.32 Å². The van der Waals surface area contributed by atoms with Crippen LogP contribution in [0.2, 0.25) is 0 Å². The molecule has 4 bridgehead atoms. The third-order valence-electron chi connectivity index (χ3n) is 6.64. The van der Waals surface area contributed by atoms with Crippen LogP contribution in [0.4, 0.5) is 0 Å². The Hall–Kier alpha value is -1.36. The molecule has 0 aromatic heterocycles. The SMILES string of the molecule is CCS(=O)(=O)c1ccccc1C(=O)NCC12CC3CC(CC(C3)C1)C2. The van der Waals surface area contributed by atoms with Gasteiger partial charge in [-0.05, 0) is 73.8 Å². The highest BCUT2D eigenvalue weighted by Crippen LogP contribution is 2.59. The van der Waals surface area contributed by atoms with Crippen LogP contribution >= 0.6 is 0 Å². The predicted molar refractivity (Wildman–Crippen MR) is 97.1 cm³/mol. The molecule has 0 saturated heterocycles. The van der Waals surface area contributed by atoms with E-state index < -0.39 is 9.84 Å². The molecule has 4 nitrogen and oxygen atoms in total. The summed E-state index contributed by atoms with van der Waals surface area (Å²) in [5, 5.41) is 3.09. The summed E-state index contributed by atoms with van der Waals surface area (Å²) in [4.78, 5) is 12.9. The highest BCUT2D eigenvalue weighted by Gasteiger charge is 2.50. The van der Waals surface area contributed by atoms with Crippen LogP contribution in [0.5, 0.6) is 0 Å². The topological polar surface area (TPSA) is 63.2 Å². The maximum atomic E-state index is 12.7. The lowest BCUT2D eigenvalue weighted by Gasteiger charge is -2.56. The van der Waals surface area contributed by atoms with Gasteiger partial charge in [-0.3, -0.25) is 4.79 Å². The van der Waals surface area contributed by atoms with E-state index in [4.69, 9.17) is 0 Å². The lowest BCUT2D eigenvalue weighted by molar-refractivity contribution is -0.0503. The van der Waals surface area contributed by atoms with E-state index in [9.17, 15) is 13.2 Å². The highest BCUT2D eigenvalue weighted by molar-refractivity contribution is 7.91. The summed E-state index contributed by atoms with van der Waals surface area (Å²) in [6.07, 6.45) is 7.83. The molecule has 4 saturated carbocycles. The van der Waals surface area contributed by atoms with E-state index in [1.807, 2.05) is 0 Å². The molecule has 4 aliphatic rings. The van der Waals surface area contributed by atoms with Crippen LogP contribution in [0.1, 0.15) is 55.8 Å². The molecular formula is C20H27NO3S. The molecule has 0 atom stereocenters. The number of sulfone groups is 1. The third-order valence-corrected chi connectivity index (χ3v) is 8.42. The summed E-state index contributed by atoms with van der Waals surface area (Å²) in [6, 6.07) is 6.57. The van der Waals surface area contributed by atoms with Crippen LogP contribution in [0.3, 0.4) is 0 Å². The van der Waals surface area contributed by atoms with E-state index in [0.29, 0.717) is 6.54 Å². The van der Waals surface area contributed by atoms with Crippen LogP contribution in [-0.2, 0) is 9.84 Å². The Morgan fingerprint density at radius 1 is 1.08 bits per heavy atom. The summed E-state index contributed by atoms with van der Waals surface area (Å²) in [6.45, 7) is 2.30. The van der Waals surface area contributed by atoms with Gasteiger partial charge in [-0.15, -0.1) is 0 Å². The summed E-state index contributed by atoms with van der Waals surface area (Å²) < 4.78 is 24.5. The lowest BCUT2D eigenvalue weighted by atomic mass is 9.49. The van der Waals surface area contributed by atoms with Crippen molar-refractivity contribution in [2.24, 2.45) is 23.2 Å². The largest absolute Gasteiger partial charge is 0.351 e. The van der Waals surface area contributed by atoms with E-state index in [-0.39, 0.29) is 27.5 Å². The molecular weight excluding hydrogens is 334 g/mol. The van der Waals surface area contributed by atoms with Crippen molar-refractivity contribution in [1.82, 2.24) is 5.32 Å². The van der Waals surface area contributed by atoms with Crippen LogP contribution in [0.25, 0.3) is 0 Å². The number of hydrogen-bond acceptors (Lipinski definition) is 3. The van der Waals surface area contributed by atoms with Crippen molar-refractivity contribution in [3.8, 4) is 0 Å². The fourth-order valence-corrected chi connectivity index (χ4v) is 7.04. The lowest BCUT2D eigenvalue weighted by Crippen LogP contribution is -2.51. The molecule has 1 amide bonds. The number of amides is 1. The van der Waals surface area contributed by atoms with E-state index in [0.717, 1.165) is 17.8 Å². The standard InChI is InChI=1S/C20H27NO3S/c1-2-25(23,24)18-6-4-3-5-17(18)19(22)21-13-20-10-14-7-15(11-20)9-16(8-14)12-20/h3-6,14-16H,2,7-13H2,1H3,(H,21,22). The fourth-order valence-electron chi connectivity index (χ4n) is 5.95. The van der Waals surface area contributed by atoms with Gasteiger partial charge in [-0.25, -0.2) is 8.42 Å². The minimum atomic E-state index is -3.40. The number of carbonyl (C=O) groups excluding carboxylic acids is 1. The van der Waals surface area contributed by atoms with Gasteiger partial charge in [-0.1, -0.05) is 19.1 Å². The van der Waals surface area contributed by atoms with E-state index >= 15 is 0 Å². The summed E-state index contributed by atoms with van der Waals surface area (Å²) >= 11 is 0. The maximum Gasteiger partial charge on any atom is 0.252 e. The Labute approximate surface area is 150 Å². The van der Waals surface area contributed by atoms with Gasteiger partial charge in [-0.2, -0.15) is 0 Å². The normalized spacial score (nSPS) is 33.4. The van der Waals surface area contributed by atoms with Gasteiger partial charge in [0.25, 0.3) is 5.91 Å². The number of carbonyl (C=O) groups is 1. The Bertz CT molecular complexity index is 749. The second kappa shape index (κ2) is 6.11. The molecule has 136 valence electrons. The zero-order chi connectivity index (χ0) is 17.7. The molecule has 5 heteroatoms. The molecule has 0 heterocycles. The first-order valence-electron chi connectivity index (χ1n) is 9.51. The highest BCUT2D eigenvalue weighted by atomic mass is 32.2. The number of benzene rings is 1. The zero-order valence-electron chi connectivity index (χ0n) is 14.8. The summed E-state index contributed by atoms with van der Waals surface area (Å²) in [7, 11) is -3.40. The summed E-state index contributed by atoms with van der Waals surface area (Å²) in [5.41, 5.74) is 0.539. The minimum absolute atomic E-state index is 0.00622. The zero-order valence-corrected chi connectivity index (χ0v) is 15.6. The first-order valence-corrected chi connectivity index (χ1v) is 11.2. The van der Waals surface area contributed by atoms with Gasteiger partial charge in [0, 0.05) is 6.54 Å². The van der Waals surface area contributed by atoms with Crippen LogP contribution in [0.15, 0.2) is 29.2 Å². The van der Waals surface area contributed by atoms with Crippen molar-refractivity contribution in [3.63, 3.8) is 0 Å². The van der Waals surface area contributed by atoms with Gasteiger partial charge in [0.2, 0.25) is 0 Å². The number of hydrogen-bond donors (Lipinski definition) is 1.